The second-order valence-corrected chi connectivity index (χ2v) is 6.80. The Balaban J connectivity index is 2.29. The molecular formula is C12H8Br2FNOS. The number of carbonyl (C=O) groups excluding carboxylic acids is 1. The molecule has 2 nitrogen and oxygen atoms in total. The van der Waals surface area contributed by atoms with Gasteiger partial charge in [0.2, 0.25) is 0 Å². The van der Waals surface area contributed by atoms with Crippen molar-refractivity contribution in [1.29, 1.82) is 0 Å². The number of benzene rings is 1. The van der Waals surface area contributed by atoms with Gasteiger partial charge >= 0.3 is 0 Å². The van der Waals surface area contributed by atoms with Crippen LogP contribution in [-0.2, 0) is 0 Å². The van der Waals surface area contributed by atoms with E-state index in [1.807, 2.05) is 0 Å². The van der Waals surface area contributed by atoms with Gasteiger partial charge in [-0.15, -0.1) is 11.3 Å². The average molecular weight is 393 g/mol. The smallest absolute Gasteiger partial charge is 0.268 e. The molecule has 0 saturated carbocycles. The van der Waals surface area contributed by atoms with Gasteiger partial charge in [0.25, 0.3) is 5.91 Å². The molecule has 0 radical (unpaired) electrons. The third kappa shape index (κ3) is 2.81. The molecule has 0 fully saturated rings. The Morgan fingerprint density at radius 2 is 2.06 bits per heavy atom. The van der Waals surface area contributed by atoms with Crippen molar-refractivity contribution >= 4 is 54.8 Å². The van der Waals surface area contributed by atoms with Crippen molar-refractivity contribution in [2.24, 2.45) is 0 Å². The van der Waals surface area contributed by atoms with Gasteiger partial charge in [0.15, 0.2) is 0 Å². The summed E-state index contributed by atoms with van der Waals surface area (Å²) in [4.78, 5) is 14.2. The number of hydrogen-bond donors (Lipinski definition) is 0. The summed E-state index contributed by atoms with van der Waals surface area (Å²) in [6.07, 6.45) is 0. The highest BCUT2D eigenvalue weighted by atomic mass is 79.9. The van der Waals surface area contributed by atoms with E-state index in [2.05, 4.69) is 31.9 Å². The number of halogens is 3. The van der Waals surface area contributed by atoms with Gasteiger partial charge in [-0.25, -0.2) is 4.39 Å². The number of carbonyl (C=O) groups is 1. The molecule has 0 spiro atoms. The first kappa shape index (κ1) is 13.7. The third-order valence-corrected chi connectivity index (χ3v) is 5.60. The summed E-state index contributed by atoms with van der Waals surface area (Å²) in [5, 5.41) is 0. The lowest BCUT2D eigenvalue weighted by molar-refractivity contribution is 0.0997. The summed E-state index contributed by atoms with van der Waals surface area (Å²) in [6.45, 7) is 0. The molecule has 1 aromatic heterocycles. The van der Waals surface area contributed by atoms with Crippen LogP contribution in [0.2, 0.25) is 0 Å². The molecule has 0 aliphatic carbocycles. The molecule has 0 atom stereocenters. The Morgan fingerprint density at radius 3 is 2.61 bits per heavy atom. The highest BCUT2D eigenvalue weighted by molar-refractivity contribution is 9.13. The zero-order valence-electron chi connectivity index (χ0n) is 9.28. The summed E-state index contributed by atoms with van der Waals surface area (Å²) < 4.78 is 14.8. The van der Waals surface area contributed by atoms with Crippen molar-refractivity contribution in [3.8, 4) is 0 Å². The zero-order valence-corrected chi connectivity index (χ0v) is 13.3. The Hall–Kier alpha value is -0.720. The van der Waals surface area contributed by atoms with Gasteiger partial charge in [-0.3, -0.25) is 4.79 Å². The second kappa shape index (κ2) is 5.50. The van der Waals surface area contributed by atoms with E-state index in [0.717, 1.165) is 8.26 Å². The molecule has 1 aromatic carbocycles. The zero-order chi connectivity index (χ0) is 13.3. The first-order valence-electron chi connectivity index (χ1n) is 4.97. The van der Waals surface area contributed by atoms with Crippen molar-refractivity contribution in [2.45, 2.75) is 0 Å². The topological polar surface area (TPSA) is 20.3 Å². The van der Waals surface area contributed by atoms with Gasteiger partial charge in [-0.2, -0.15) is 0 Å². The van der Waals surface area contributed by atoms with Crippen LogP contribution in [0.1, 0.15) is 9.67 Å². The molecule has 1 amide bonds. The average Bonchev–Trinajstić information content (AvgIpc) is 2.68. The van der Waals surface area contributed by atoms with Crippen molar-refractivity contribution < 1.29 is 9.18 Å². The number of nitrogens with zero attached hydrogens (tertiary/aromatic N) is 1. The lowest BCUT2D eigenvalue weighted by atomic mass is 10.3. The van der Waals surface area contributed by atoms with Crippen LogP contribution in [-0.4, -0.2) is 13.0 Å². The Morgan fingerprint density at radius 1 is 1.33 bits per heavy atom. The quantitative estimate of drug-likeness (QED) is 0.725. The molecular weight excluding hydrogens is 385 g/mol. The van der Waals surface area contributed by atoms with Crippen LogP contribution in [0.4, 0.5) is 10.1 Å². The molecule has 0 unspecified atom stereocenters. The summed E-state index contributed by atoms with van der Waals surface area (Å²) in [6, 6.07) is 7.69. The van der Waals surface area contributed by atoms with Crippen LogP contribution in [0.5, 0.6) is 0 Å². The van der Waals surface area contributed by atoms with Crippen LogP contribution >= 0.6 is 43.2 Å². The van der Waals surface area contributed by atoms with Crippen molar-refractivity contribution in [1.82, 2.24) is 0 Å². The molecule has 18 heavy (non-hydrogen) atoms. The Bertz CT molecular complexity index is 580. The van der Waals surface area contributed by atoms with Crippen LogP contribution in [0.15, 0.2) is 38.6 Å². The number of thiophene rings is 1. The maximum Gasteiger partial charge on any atom is 0.268 e. The first-order valence-corrected chi connectivity index (χ1v) is 7.37. The fourth-order valence-corrected chi connectivity index (χ4v) is 3.43. The van der Waals surface area contributed by atoms with Crippen molar-refractivity contribution in [3.63, 3.8) is 0 Å². The van der Waals surface area contributed by atoms with E-state index in [-0.39, 0.29) is 11.7 Å². The molecule has 1 heterocycles. The van der Waals surface area contributed by atoms with Crippen LogP contribution in [0, 0.1) is 5.82 Å². The fraction of sp³-hybridized carbons (Fsp3) is 0.0833. The second-order valence-electron chi connectivity index (χ2n) is 3.58. The van der Waals surface area contributed by atoms with Gasteiger partial charge in [-0.05, 0) is 56.1 Å². The number of hydrogen-bond acceptors (Lipinski definition) is 2. The number of amides is 1. The number of anilines is 1. The van der Waals surface area contributed by atoms with E-state index >= 15 is 0 Å². The molecule has 0 N–H and O–H groups in total. The van der Waals surface area contributed by atoms with Gasteiger partial charge in [0.05, 0.1) is 8.66 Å². The highest BCUT2D eigenvalue weighted by Gasteiger charge is 2.17. The molecule has 0 saturated heterocycles. The first-order chi connectivity index (χ1) is 8.49. The van der Waals surface area contributed by atoms with Crippen LogP contribution in [0.25, 0.3) is 0 Å². The standard InChI is InChI=1S/C12H8Br2FNOS/c1-16(8-4-2-3-7(15)5-8)12(17)10-6-9(13)11(14)18-10/h2-6H,1H3. The molecule has 2 aromatic rings. The molecule has 0 aliphatic heterocycles. The van der Waals surface area contributed by atoms with E-state index in [4.69, 9.17) is 0 Å². The predicted molar refractivity (Wildman–Crippen MR) is 78.9 cm³/mol. The van der Waals surface area contributed by atoms with Crippen LogP contribution < -0.4 is 4.90 Å². The SMILES string of the molecule is CN(C(=O)c1cc(Br)c(Br)s1)c1cccc(F)c1. The lowest BCUT2D eigenvalue weighted by Crippen LogP contribution is -2.25. The molecule has 2 rings (SSSR count). The third-order valence-electron chi connectivity index (χ3n) is 2.36. The minimum Gasteiger partial charge on any atom is -0.311 e. The van der Waals surface area contributed by atoms with Crippen molar-refractivity contribution in [2.75, 3.05) is 11.9 Å². The van der Waals surface area contributed by atoms with E-state index in [9.17, 15) is 9.18 Å². The lowest BCUT2D eigenvalue weighted by Gasteiger charge is -2.16. The van der Waals surface area contributed by atoms with E-state index in [0.29, 0.717) is 10.6 Å². The minimum atomic E-state index is -0.360. The molecule has 0 aliphatic rings. The minimum absolute atomic E-state index is 0.169. The molecule has 6 heteroatoms. The molecule has 94 valence electrons. The Kier molecular flexibility index (Phi) is 4.19. The Labute approximate surface area is 125 Å². The summed E-state index contributed by atoms with van der Waals surface area (Å²) >= 11 is 8.01. The van der Waals surface area contributed by atoms with Gasteiger partial charge in [0.1, 0.15) is 5.82 Å². The van der Waals surface area contributed by atoms with E-state index < -0.39 is 0 Å². The van der Waals surface area contributed by atoms with Crippen LogP contribution in [0.3, 0.4) is 0 Å². The van der Waals surface area contributed by atoms with E-state index in [1.54, 1.807) is 25.2 Å². The summed E-state index contributed by atoms with van der Waals surface area (Å²) in [5.41, 5.74) is 0.528. The normalized spacial score (nSPS) is 10.4. The van der Waals surface area contributed by atoms with Gasteiger partial charge < -0.3 is 4.90 Å². The number of rotatable bonds is 2. The fourth-order valence-electron chi connectivity index (χ4n) is 1.42. The van der Waals surface area contributed by atoms with Gasteiger partial charge in [0, 0.05) is 17.2 Å². The van der Waals surface area contributed by atoms with Gasteiger partial charge in [-0.1, -0.05) is 6.07 Å². The maximum atomic E-state index is 13.1. The molecule has 0 bridgehead atoms. The highest BCUT2D eigenvalue weighted by Crippen LogP contribution is 2.33. The summed E-state index contributed by atoms with van der Waals surface area (Å²) in [5.74, 6) is -0.530. The predicted octanol–water partition coefficient (Wildman–Crippen LogP) is 4.69. The van der Waals surface area contributed by atoms with Crippen molar-refractivity contribution in [3.05, 3.63) is 49.3 Å². The summed E-state index contributed by atoms with van der Waals surface area (Å²) in [7, 11) is 1.62. The van der Waals surface area contributed by atoms with E-state index in [1.165, 1.54) is 28.4 Å². The largest absolute Gasteiger partial charge is 0.311 e. The monoisotopic (exact) mass is 391 g/mol. The maximum absolute atomic E-state index is 13.1.